The second-order valence-electron chi connectivity index (χ2n) is 12.2. The molecule has 0 atom stereocenters. The van der Waals surface area contributed by atoms with Crippen LogP contribution in [0.3, 0.4) is 0 Å². The quantitative estimate of drug-likeness (QED) is 0.0297. The number of rotatable bonds is 19. The number of nitrogens with zero attached hydrogens (tertiary/aromatic N) is 9. The molecule has 306 valence electrons. The summed E-state index contributed by atoms with van der Waals surface area (Å²) in [5.74, 6) is 0.524. The van der Waals surface area contributed by atoms with E-state index < -0.39 is 20.2 Å². The number of aromatic nitrogens is 3. The summed E-state index contributed by atoms with van der Waals surface area (Å²) in [6, 6.07) is 21.8. The van der Waals surface area contributed by atoms with Crippen molar-refractivity contribution in [1.29, 1.82) is 0 Å². The predicted molar refractivity (Wildman–Crippen MR) is 225 cm³/mol. The second-order valence-corrected chi connectivity index (χ2v) is 16.1. The highest BCUT2D eigenvalue weighted by molar-refractivity contribution is 7.99. The van der Waals surface area contributed by atoms with Crippen molar-refractivity contribution in [2.75, 3.05) is 59.0 Å². The van der Waals surface area contributed by atoms with Gasteiger partial charge in [0.05, 0.1) is 39.1 Å². The smallest absolute Gasteiger partial charge is 0.294 e. The molecule has 5 N–H and O–H groups in total. The largest absolute Gasteiger partial charge is 0.396 e. The van der Waals surface area contributed by atoms with Gasteiger partial charge in [0, 0.05) is 43.3 Å². The first-order valence-electron chi connectivity index (χ1n) is 18.0. The van der Waals surface area contributed by atoms with E-state index in [1.165, 1.54) is 48.2 Å². The molecule has 21 heteroatoms. The van der Waals surface area contributed by atoms with E-state index in [0.29, 0.717) is 28.5 Å². The van der Waals surface area contributed by atoms with Crippen LogP contribution in [0.25, 0.3) is 0 Å². The normalized spacial score (nSPS) is 12.0. The molecular formula is C37H43N11O7S3. The third-order valence-corrected chi connectivity index (χ3v) is 11.0. The van der Waals surface area contributed by atoms with Gasteiger partial charge in [0.25, 0.3) is 20.2 Å². The molecule has 0 unspecified atom stereocenters. The van der Waals surface area contributed by atoms with Crippen molar-refractivity contribution in [2.24, 2.45) is 20.5 Å². The van der Waals surface area contributed by atoms with Gasteiger partial charge < -0.3 is 25.5 Å². The molecule has 0 saturated carbocycles. The fourth-order valence-electron chi connectivity index (χ4n) is 5.54. The zero-order chi connectivity index (χ0) is 41.9. The van der Waals surface area contributed by atoms with E-state index in [2.05, 4.69) is 55.8 Å². The molecule has 0 spiro atoms. The third kappa shape index (κ3) is 11.7. The minimum absolute atomic E-state index is 0.115. The van der Waals surface area contributed by atoms with E-state index in [1.54, 1.807) is 24.3 Å². The minimum Gasteiger partial charge on any atom is -0.396 e. The maximum atomic E-state index is 11.7. The first kappa shape index (κ1) is 43.5. The summed E-state index contributed by atoms with van der Waals surface area (Å²) < 4.78 is 65.9. The summed E-state index contributed by atoms with van der Waals surface area (Å²) in [5, 5.41) is 33.7. The van der Waals surface area contributed by atoms with Crippen LogP contribution >= 0.6 is 11.8 Å². The van der Waals surface area contributed by atoms with Crippen LogP contribution in [0.5, 0.6) is 0 Å². The standard InChI is InChI=1S/C37H43N11O7S3/c1-5-47(6-2)27-15-17-31(45-43-25-11-9-13-29(21-25)57(50,51)52)33(23-27)38-35-40-36(42-37(41-35)56-20-19-49)39-34-24-28(48(7-3)8-4)16-18-32(34)46-44-26-12-10-14-30(22-26)58(53,54)55/h9-18,21-24,49H,5-8,19-20H2,1-4H3,(H,50,51,52)(H,53,54,55)(H2,38,39,40,41,42). The van der Waals surface area contributed by atoms with E-state index in [4.69, 9.17) is 0 Å². The van der Waals surface area contributed by atoms with E-state index >= 15 is 0 Å². The monoisotopic (exact) mass is 849 g/mol. The summed E-state index contributed by atoms with van der Waals surface area (Å²) in [5.41, 5.74) is 3.75. The van der Waals surface area contributed by atoms with Crippen molar-refractivity contribution < 1.29 is 31.0 Å². The van der Waals surface area contributed by atoms with Crippen molar-refractivity contribution in [3.8, 4) is 0 Å². The highest BCUT2D eigenvalue weighted by atomic mass is 32.2. The van der Waals surface area contributed by atoms with Crippen LogP contribution in [0.4, 0.5) is 57.4 Å². The second kappa shape index (κ2) is 19.7. The Bertz CT molecular complexity index is 2330. The van der Waals surface area contributed by atoms with Crippen LogP contribution in [-0.4, -0.2) is 84.5 Å². The highest BCUT2D eigenvalue weighted by Gasteiger charge is 2.16. The molecule has 58 heavy (non-hydrogen) atoms. The average Bonchev–Trinajstić information content (AvgIpc) is 3.20. The van der Waals surface area contributed by atoms with Crippen LogP contribution in [0, 0.1) is 0 Å². The molecule has 18 nitrogen and oxygen atoms in total. The number of hydrogen-bond acceptors (Lipinski definition) is 17. The van der Waals surface area contributed by atoms with Gasteiger partial charge in [-0.1, -0.05) is 23.9 Å². The molecule has 1 heterocycles. The topological polar surface area (TPSA) is 248 Å². The Morgan fingerprint density at radius 2 is 1.03 bits per heavy atom. The Morgan fingerprint density at radius 3 is 1.41 bits per heavy atom. The molecule has 0 amide bonds. The lowest BCUT2D eigenvalue weighted by Gasteiger charge is -2.22. The van der Waals surface area contributed by atoms with Crippen LogP contribution < -0.4 is 20.4 Å². The SMILES string of the molecule is CCN(CC)c1ccc(N=Nc2cccc(S(=O)(=O)O)c2)c(Nc2nc(Nc3cc(N(CC)CC)ccc3N=Nc3cccc(S(=O)(=O)O)c3)nc(SCCO)n2)c1. The number of aliphatic hydroxyl groups excluding tert-OH is 1. The van der Waals surface area contributed by atoms with E-state index in [0.717, 1.165) is 37.6 Å². The van der Waals surface area contributed by atoms with E-state index in [9.17, 15) is 31.0 Å². The summed E-state index contributed by atoms with van der Waals surface area (Å²) in [6.45, 7) is 10.9. The maximum absolute atomic E-state index is 11.7. The molecular weight excluding hydrogens is 807 g/mol. The average molecular weight is 850 g/mol. The minimum atomic E-state index is -4.46. The molecule has 0 aliphatic heterocycles. The number of benzene rings is 4. The predicted octanol–water partition coefficient (Wildman–Crippen LogP) is 8.46. The Labute approximate surface area is 341 Å². The fourth-order valence-corrected chi connectivity index (χ4v) is 7.16. The van der Waals surface area contributed by atoms with Crippen molar-refractivity contribution in [2.45, 2.75) is 42.6 Å². The van der Waals surface area contributed by atoms with Gasteiger partial charge in [-0.05, 0) is 100 Å². The molecule has 0 radical (unpaired) electrons. The molecule has 0 aliphatic rings. The Kier molecular flexibility index (Phi) is 14.8. The van der Waals surface area contributed by atoms with Crippen LogP contribution in [0.15, 0.2) is 120 Å². The first-order chi connectivity index (χ1) is 27.7. The lowest BCUT2D eigenvalue weighted by atomic mass is 10.2. The number of thioether (sulfide) groups is 1. The van der Waals surface area contributed by atoms with Gasteiger partial charge in [0.2, 0.25) is 11.9 Å². The van der Waals surface area contributed by atoms with Crippen molar-refractivity contribution in [1.82, 2.24) is 15.0 Å². The molecule has 1 aromatic heterocycles. The molecule has 4 aromatic carbocycles. The zero-order valence-corrected chi connectivity index (χ0v) is 34.5. The molecule has 0 fully saturated rings. The summed E-state index contributed by atoms with van der Waals surface area (Å²) in [4.78, 5) is 17.5. The van der Waals surface area contributed by atoms with Crippen LogP contribution in [0.2, 0.25) is 0 Å². The van der Waals surface area contributed by atoms with Gasteiger partial charge in [-0.15, -0.1) is 10.2 Å². The van der Waals surface area contributed by atoms with E-state index in [1.807, 2.05) is 52.0 Å². The van der Waals surface area contributed by atoms with Crippen molar-refractivity contribution >= 4 is 89.4 Å². The maximum Gasteiger partial charge on any atom is 0.294 e. The summed E-state index contributed by atoms with van der Waals surface area (Å²) in [6.07, 6.45) is 0. The van der Waals surface area contributed by atoms with Crippen LogP contribution in [0.1, 0.15) is 27.7 Å². The van der Waals surface area contributed by atoms with Gasteiger partial charge in [-0.3, -0.25) is 9.11 Å². The molecule has 5 rings (SSSR count). The van der Waals surface area contributed by atoms with Gasteiger partial charge in [0.15, 0.2) is 5.16 Å². The Hall–Kier alpha value is -5.58. The molecule has 0 saturated heterocycles. The Morgan fingerprint density at radius 1 is 0.603 bits per heavy atom. The van der Waals surface area contributed by atoms with Gasteiger partial charge in [0.1, 0.15) is 11.4 Å². The lowest BCUT2D eigenvalue weighted by Crippen LogP contribution is -2.21. The van der Waals surface area contributed by atoms with Crippen molar-refractivity contribution in [3.63, 3.8) is 0 Å². The zero-order valence-electron chi connectivity index (χ0n) is 32.0. The number of hydrogen-bond donors (Lipinski definition) is 5. The summed E-state index contributed by atoms with van der Waals surface area (Å²) >= 11 is 1.20. The van der Waals surface area contributed by atoms with Gasteiger partial charge in [-0.25, -0.2) is 0 Å². The van der Waals surface area contributed by atoms with Gasteiger partial charge >= 0.3 is 0 Å². The number of anilines is 6. The van der Waals surface area contributed by atoms with Crippen LogP contribution in [-0.2, 0) is 20.2 Å². The highest BCUT2D eigenvalue weighted by Crippen LogP contribution is 2.36. The number of azo groups is 2. The fraction of sp³-hybridized carbons (Fsp3) is 0.270. The lowest BCUT2D eigenvalue weighted by molar-refractivity contribution is 0.322. The molecule has 5 aromatic rings. The van der Waals surface area contributed by atoms with Crippen molar-refractivity contribution in [3.05, 3.63) is 84.9 Å². The summed E-state index contributed by atoms with van der Waals surface area (Å²) in [7, 11) is -8.92. The number of nitrogens with one attached hydrogen (secondary N) is 2. The first-order valence-corrected chi connectivity index (χ1v) is 21.9. The van der Waals surface area contributed by atoms with Gasteiger partial charge in [-0.2, -0.15) is 42.0 Å². The molecule has 0 aliphatic carbocycles. The molecule has 0 bridgehead atoms. The number of aliphatic hydroxyl groups is 1. The third-order valence-electron chi connectivity index (χ3n) is 8.43. The Balaban J connectivity index is 1.57. The van der Waals surface area contributed by atoms with E-state index in [-0.39, 0.29) is 44.8 Å².